The first-order valence-electron chi connectivity index (χ1n) is 7.88. The molecule has 22 heavy (non-hydrogen) atoms. The van der Waals surface area contributed by atoms with Gasteiger partial charge in [-0.15, -0.1) is 0 Å². The van der Waals surface area contributed by atoms with Crippen LogP contribution in [0.4, 0.5) is 0 Å². The van der Waals surface area contributed by atoms with Crippen LogP contribution >= 0.6 is 0 Å². The first-order chi connectivity index (χ1) is 10.5. The molecule has 0 spiro atoms. The third kappa shape index (κ3) is 4.51. The van der Waals surface area contributed by atoms with Gasteiger partial charge in [0.25, 0.3) is 0 Å². The molecule has 7 heteroatoms. The van der Waals surface area contributed by atoms with Crippen molar-refractivity contribution >= 4 is 5.97 Å². The molecule has 2 rings (SSSR count). The van der Waals surface area contributed by atoms with Gasteiger partial charge in [-0.3, -0.25) is 9.69 Å². The van der Waals surface area contributed by atoms with E-state index in [9.17, 15) is 9.90 Å². The van der Waals surface area contributed by atoms with Crippen molar-refractivity contribution in [3.8, 4) is 0 Å². The lowest BCUT2D eigenvalue weighted by Crippen LogP contribution is -2.44. The summed E-state index contributed by atoms with van der Waals surface area (Å²) >= 11 is 0. The highest BCUT2D eigenvalue weighted by molar-refractivity contribution is 5.73. The van der Waals surface area contributed by atoms with E-state index in [1.165, 1.54) is 0 Å². The molecule has 1 aromatic rings. The van der Waals surface area contributed by atoms with Crippen LogP contribution in [-0.2, 0) is 16.1 Å². The minimum absolute atomic E-state index is 0.225. The summed E-state index contributed by atoms with van der Waals surface area (Å²) in [7, 11) is 0. The molecule has 2 heterocycles. The molecule has 0 aliphatic carbocycles. The Labute approximate surface area is 130 Å². The van der Waals surface area contributed by atoms with Crippen molar-refractivity contribution in [3.05, 3.63) is 11.7 Å². The molecular weight excluding hydrogens is 286 g/mol. The number of ether oxygens (including phenoxy) is 1. The molecular formula is C15H25N3O4. The van der Waals surface area contributed by atoms with Gasteiger partial charge in [0.05, 0.1) is 6.54 Å². The maximum atomic E-state index is 11.3. The van der Waals surface area contributed by atoms with Crippen LogP contribution in [0.25, 0.3) is 0 Å². The minimum atomic E-state index is -0.784. The lowest BCUT2D eigenvalue weighted by molar-refractivity contribution is -0.145. The zero-order valence-corrected chi connectivity index (χ0v) is 13.5. The van der Waals surface area contributed by atoms with Crippen LogP contribution in [0.2, 0.25) is 0 Å². The molecule has 1 aromatic heterocycles. The van der Waals surface area contributed by atoms with Crippen molar-refractivity contribution in [1.29, 1.82) is 0 Å². The molecule has 1 aliphatic rings. The van der Waals surface area contributed by atoms with E-state index in [1.54, 1.807) is 0 Å². The van der Waals surface area contributed by atoms with Gasteiger partial charge in [-0.1, -0.05) is 25.4 Å². The van der Waals surface area contributed by atoms with E-state index in [0.717, 1.165) is 19.4 Å². The lowest BCUT2D eigenvalue weighted by atomic mass is 10.0. The molecule has 1 aliphatic heterocycles. The van der Waals surface area contributed by atoms with Gasteiger partial charge in [-0.05, 0) is 32.2 Å². The van der Waals surface area contributed by atoms with Crippen molar-refractivity contribution in [2.45, 2.75) is 58.7 Å². The smallest absolute Gasteiger partial charge is 0.320 e. The van der Waals surface area contributed by atoms with E-state index < -0.39 is 12.0 Å². The number of carboxylic acid groups (broad SMARTS) is 1. The number of rotatable bonds is 7. The average Bonchev–Trinajstić information content (AvgIpc) is 2.93. The zero-order valence-electron chi connectivity index (χ0n) is 13.5. The fourth-order valence-corrected chi connectivity index (χ4v) is 2.54. The van der Waals surface area contributed by atoms with E-state index in [2.05, 4.69) is 24.0 Å². The van der Waals surface area contributed by atoms with Crippen LogP contribution in [0, 0.1) is 5.92 Å². The van der Waals surface area contributed by atoms with Gasteiger partial charge in [-0.2, -0.15) is 4.98 Å². The van der Waals surface area contributed by atoms with Crippen molar-refractivity contribution in [1.82, 2.24) is 15.0 Å². The van der Waals surface area contributed by atoms with Crippen molar-refractivity contribution in [2.24, 2.45) is 5.92 Å². The van der Waals surface area contributed by atoms with E-state index in [-0.39, 0.29) is 6.10 Å². The number of likely N-dealkylation sites (tertiary alicyclic amines) is 1. The molecule has 2 atom stereocenters. The second-order valence-corrected chi connectivity index (χ2v) is 6.24. The van der Waals surface area contributed by atoms with Crippen molar-refractivity contribution < 1.29 is 19.2 Å². The molecule has 0 bridgehead atoms. The Hall–Kier alpha value is -1.47. The first-order valence-corrected chi connectivity index (χ1v) is 7.88. The summed E-state index contributed by atoms with van der Waals surface area (Å²) in [5.41, 5.74) is 0. The number of aromatic nitrogens is 2. The number of piperidine rings is 1. The second-order valence-electron chi connectivity index (χ2n) is 6.24. The van der Waals surface area contributed by atoms with E-state index in [1.807, 2.05) is 11.8 Å². The van der Waals surface area contributed by atoms with Crippen molar-refractivity contribution in [2.75, 3.05) is 13.2 Å². The van der Waals surface area contributed by atoms with Gasteiger partial charge < -0.3 is 14.4 Å². The SMILES string of the molecule is CC(C)COC(C)c1noc(CN2CCCCC2C(=O)O)n1. The summed E-state index contributed by atoms with van der Waals surface area (Å²) in [6, 6.07) is -0.460. The molecule has 1 saturated heterocycles. The number of hydrogen-bond acceptors (Lipinski definition) is 6. The minimum Gasteiger partial charge on any atom is -0.480 e. The van der Waals surface area contributed by atoms with Crippen LogP contribution in [0.5, 0.6) is 0 Å². The Kier molecular flexibility index (Phi) is 5.90. The first kappa shape index (κ1) is 16.9. The zero-order chi connectivity index (χ0) is 16.1. The molecule has 0 radical (unpaired) electrons. The monoisotopic (exact) mass is 311 g/mol. The molecule has 2 unspecified atom stereocenters. The van der Waals surface area contributed by atoms with Crippen LogP contribution in [-0.4, -0.2) is 45.3 Å². The quantitative estimate of drug-likeness (QED) is 0.826. The molecule has 1 fully saturated rings. The van der Waals surface area contributed by atoms with Gasteiger partial charge >= 0.3 is 5.97 Å². The Morgan fingerprint density at radius 3 is 2.91 bits per heavy atom. The van der Waals surface area contributed by atoms with Gasteiger partial charge in [0, 0.05) is 6.61 Å². The normalized spacial score (nSPS) is 21.2. The third-order valence-corrected chi connectivity index (χ3v) is 3.76. The standard InChI is InChI=1S/C15H25N3O4/c1-10(2)9-21-11(3)14-16-13(22-17-14)8-18-7-5-4-6-12(18)15(19)20/h10-12H,4-9H2,1-3H3,(H,19,20). The molecule has 0 amide bonds. The number of carbonyl (C=O) groups is 1. The summed E-state index contributed by atoms with van der Waals surface area (Å²) in [4.78, 5) is 17.5. The number of nitrogens with zero attached hydrogens (tertiary/aromatic N) is 3. The van der Waals surface area contributed by atoms with Crippen molar-refractivity contribution in [3.63, 3.8) is 0 Å². The number of aliphatic carboxylic acids is 1. The Morgan fingerprint density at radius 2 is 2.23 bits per heavy atom. The molecule has 0 saturated carbocycles. The Morgan fingerprint density at radius 1 is 1.45 bits per heavy atom. The van der Waals surface area contributed by atoms with Crippen LogP contribution in [0.1, 0.15) is 57.9 Å². The predicted octanol–water partition coefficient (Wildman–Crippen LogP) is 2.24. The summed E-state index contributed by atoms with van der Waals surface area (Å²) in [5.74, 6) is 0.620. The summed E-state index contributed by atoms with van der Waals surface area (Å²) in [6.07, 6.45) is 2.39. The molecule has 1 N–H and O–H groups in total. The predicted molar refractivity (Wildman–Crippen MR) is 79.2 cm³/mol. The van der Waals surface area contributed by atoms with Crippen LogP contribution in [0.15, 0.2) is 4.52 Å². The van der Waals surface area contributed by atoms with Crippen LogP contribution < -0.4 is 0 Å². The van der Waals surface area contributed by atoms with E-state index >= 15 is 0 Å². The number of carboxylic acids is 1. The molecule has 7 nitrogen and oxygen atoms in total. The highest BCUT2D eigenvalue weighted by Crippen LogP contribution is 2.20. The second kappa shape index (κ2) is 7.69. The molecule has 124 valence electrons. The summed E-state index contributed by atoms with van der Waals surface area (Å²) in [5, 5.41) is 13.2. The average molecular weight is 311 g/mol. The fourth-order valence-electron chi connectivity index (χ4n) is 2.54. The fraction of sp³-hybridized carbons (Fsp3) is 0.800. The van der Waals surface area contributed by atoms with E-state index in [4.69, 9.17) is 9.26 Å². The Balaban J connectivity index is 1.94. The number of hydrogen-bond donors (Lipinski definition) is 1. The third-order valence-electron chi connectivity index (χ3n) is 3.76. The maximum absolute atomic E-state index is 11.3. The summed E-state index contributed by atoms with van der Waals surface area (Å²) in [6.45, 7) is 7.80. The van der Waals surface area contributed by atoms with Gasteiger partial charge in [-0.25, -0.2) is 0 Å². The highest BCUT2D eigenvalue weighted by Gasteiger charge is 2.29. The molecule has 0 aromatic carbocycles. The largest absolute Gasteiger partial charge is 0.480 e. The topological polar surface area (TPSA) is 88.7 Å². The summed E-state index contributed by atoms with van der Waals surface area (Å²) < 4.78 is 10.9. The van der Waals surface area contributed by atoms with Gasteiger partial charge in [0.2, 0.25) is 5.89 Å². The Bertz CT molecular complexity index is 489. The van der Waals surface area contributed by atoms with Gasteiger partial charge in [0.15, 0.2) is 5.82 Å². The van der Waals surface area contributed by atoms with Crippen LogP contribution in [0.3, 0.4) is 0 Å². The maximum Gasteiger partial charge on any atom is 0.320 e. The van der Waals surface area contributed by atoms with Gasteiger partial charge in [0.1, 0.15) is 12.1 Å². The highest BCUT2D eigenvalue weighted by atomic mass is 16.5. The van der Waals surface area contributed by atoms with E-state index in [0.29, 0.717) is 37.2 Å². The lowest BCUT2D eigenvalue weighted by Gasteiger charge is -2.31.